The van der Waals surface area contributed by atoms with Crippen molar-refractivity contribution in [2.24, 2.45) is 5.92 Å². The van der Waals surface area contributed by atoms with E-state index >= 15 is 0 Å². The largest absolute Gasteiger partial charge is 0.494 e. The second-order valence-electron chi connectivity index (χ2n) is 11.4. The molecule has 1 fully saturated rings. The molecule has 0 aliphatic carbocycles. The highest BCUT2D eigenvalue weighted by Gasteiger charge is 2.32. The van der Waals surface area contributed by atoms with Crippen LogP contribution in [0.25, 0.3) is 5.52 Å². The van der Waals surface area contributed by atoms with Crippen LogP contribution in [0.1, 0.15) is 59.1 Å². The zero-order chi connectivity index (χ0) is 31.3. The van der Waals surface area contributed by atoms with Crippen LogP contribution in [0.5, 0.6) is 5.75 Å². The Bertz CT molecular complexity index is 1550. The number of hydrogen-bond acceptors (Lipinski definition) is 8. The van der Waals surface area contributed by atoms with E-state index in [1.165, 1.54) is 4.90 Å². The first kappa shape index (κ1) is 31.2. The lowest BCUT2D eigenvalue weighted by Gasteiger charge is -2.27. The van der Waals surface area contributed by atoms with Gasteiger partial charge in [-0.3, -0.25) is 0 Å². The second-order valence-corrected chi connectivity index (χ2v) is 11.4. The zero-order valence-electron chi connectivity index (χ0n) is 25.9. The normalized spacial score (nSPS) is 15.3. The van der Waals surface area contributed by atoms with Crippen molar-refractivity contribution < 1.29 is 23.8 Å². The van der Waals surface area contributed by atoms with Gasteiger partial charge in [-0.2, -0.15) is 10.4 Å². The molecule has 3 heterocycles. The summed E-state index contributed by atoms with van der Waals surface area (Å²) < 4.78 is 18.4. The minimum absolute atomic E-state index is 0.146. The monoisotopic (exact) mass is 588 g/mol. The Morgan fingerprint density at radius 1 is 1.23 bits per heavy atom. The van der Waals surface area contributed by atoms with Crippen molar-refractivity contribution in [2.45, 2.75) is 60.5 Å². The minimum atomic E-state index is -0.626. The summed E-state index contributed by atoms with van der Waals surface area (Å²) in [5, 5.41) is 18.2. The number of carbonyl (C=O) groups excluding carboxylic acids is 2. The number of benzene rings is 1. The average Bonchev–Trinajstić information content (AvgIpc) is 3.63. The molecule has 3 aromatic rings. The maximum atomic E-state index is 13.7. The van der Waals surface area contributed by atoms with Gasteiger partial charge < -0.3 is 24.4 Å². The number of amides is 2. The summed E-state index contributed by atoms with van der Waals surface area (Å²) in [6.07, 6.45) is 3.14. The van der Waals surface area contributed by atoms with Crippen LogP contribution >= 0.6 is 0 Å². The van der Waals surface area contributed by atoms with Crippen molar-refractivity contribution in [3.05, 3.63) is 59.5 Å². The highest BCUT2D eigenvalue weighted by Crippen LogP contribution is 2.38. The van der Waals surface area contributed by atoms with E-state index in [-0.39, 0.29) is 12.0 Å². The van der Waals surface area contributed by atoms with Gasteiger partial charge in [0.25, 0.3) is 0 Å². The molecule has 2 aromatic heterocycles. The predicted octanol–water partition coefficient (Wildman–Crippen LogP) is 6.78. The summed E-state index contributed by atoms with van der Waals surface area (Å²) in [6.45, 7) is 15.0. The molecule has 11 heteroatoms. The number of anilines is 3. The van der Waals surface area contributed by atoms with Crippen LogP contribution in [0.3, 0.4) is 0 Å². The Balaban J connectivity index is 1.73. The van der Waals surface area contributed by atoms with E-state index in [9.17, 15) is 14.9 Å². The summed E-state index contributed by atoms with van der Waals surface area (Å²) >= 11 is 0. The van der Waals surface area contributed by atoms with Gasteiger partial charge in [0.05, 0.1) is 29.7 Å². The number of nitrogens with one attached hydrogen (secondary N) is 1. The standard InChI is InChI=1S/C32H40N6O5/c1-8-21(3)42-31(40)37(24-10-12-25(13-11-24)41-9-2)29-22(4)28(26(18-33)27-14-16-35-38(27)29)34-19-23-15-17-36(20-23)30(39)43-32(5,6)7/h8,10-14,16,23,34H,9,15,17,19-20H2,1-7H3/b21-8+. The molecule has 0 radical (unpaired) electrons. The quantitative estimate of drug-likeness (QED) is 0.286. The molecule has 0 saturated carbocycles. The number of carbonyl (C=O) groups is 2. The smallest absolute Gasteiger partial charge is 0.425 e. The lowest BCUT2D eigenvalue weighted by Crippen LogP contribution is -2.35. The van der Waals surface area contributed by atoms with Gasteiger partial charge in [0.1, 0.15) is 34.6 Å². The third-order valence-corrected chi connectivity index (χ3v) is 7.13. The summed E-state index contributed by atoms with van der Waals surface area (Å²) in [4.78, 5) is 29.5. The van der Waals surface area contributed by atoms with E-state index in [1.807, 2.05) is 34.6 Å². The molecule has 43 heavy (non-hydrogen) atoms. The van der Waals surface area contributed by atoms with E-state index in [2.05, 4.69) is 16.5 Å². The van der Waals surface area contributed by atoms with Crippen LogP contribution in [-0.4, -0.2) is 58.5 Å². The van der Waals surface area contributed by atoms with Gasteiger partial charge in [-0.1, -0.05) is 0 Å². The Hall–Kier alpha value is -4.72. The predicted molar refractivity (Wildman–Crippen MR) is 165 cm³/mol. The van der Waals surface area contributed by atoms with Crippen molar-refractivity contribution in [2.75, 3.05) is 36.5 Å². The minimum Gasteiger partial charge on any atom is -0.494 e. The van der Waals surface area contributed by atoms with Gasteiger partial charge in [-0.05, 0) is 97.2 Å². The highest BCUT2D eigenvalue weighted by molar-refractivity contribution is 5.98. The van der Waals surface area contributed by atoms with E-state index in [4.69, 9.17) is 14.2 Å². The van der Waals surface area contributed by atoms with Crippen LogP contribution in [0, 0.1) is 24.2 Å². The molecule has 0 spiro atoms. The van der Waals surface area contributed by atoms with Crippen LogP contribution in [0.4, 0.5) is 26.8 Å². The van der Waals surface area contributed by atoms with Gasteiger partial charge >= 0.3 is 12.2 Å². The lowest BCUT2D eigenvalue weighted by molar-refractivity contribution is 0.0289. The molecule has 0 bridgehead atoms. The first-order valence-corrected chi connectivity index (χ1v) is 14.5. The zero-order valence-corrected chi connectivity index (χ0v) is 25.9. The molecule has 1 aliphatic heterocycles. The number of nitrogens with zero attached hydrogens (tertiary/aromatic N) is 5. The van der Waals surface area contributed by atoms with Crippen molar-refractivity contribution in [3.8, 4) is 11.8 Å². The van der Waals surface area contributed by atoms with Crippen LogP contribution < -0.4 is 15.0 Å². The van der Waals surface area contributed by atoms with Gasteiger partial charge in [0.2, 0.25) is 0 Å². The van der Waals surface area contributed by atoms with Gasteiger partial charge in [-0.25, -0.2) is 19.0 Å². The van der Waals surface area contributed by atoms with E-state index in [0.29, 0.717) is 71.6 Å². The van der Waals surface area contributed by atoms with Crippen LogP contribution in [-0.2, 0) is 9.47 Å². The number of aromatic nitrogens is 2. The number of allylic oxidation sites excluding steroid dienone is 2. The van der Waals surface area contributed by atoms with E-state index < -0.39 is 11.7 Å². The molecule has 1 atom stereocenters. The molecular formula is C32H40N6O5. The van der Waals surface area contributed by atoms with Gasteiger partial charge in [0, 0.05) is 25.2 Å². The third kappa shape index (κ3) is 7.02. The van der Waals surface area contributed by atoms with Crippen molar-refractivity contribution in [3.63, 3.8) is 0 Å². The Labute approximate surface area is 252 Å². The summed E-state index contributed by atoms with van der Waals surface area (Å²) in [5.41, 5.74) is 2.15. The molecule has 1 saturated heterocycles. The van der Waals surface area contributed by atoms with Crippen molar-refractivity contribution in [1.29, 1.82) is 5.26 Å². The fourth-order valence-electron chi connectivity index (χ4n) is 5.00. The first-order chi connectivity index (χ1) is 20.5. The van der Waals surface area contributed by atoms with Crippen LogP contribution in [0.15, 0.2) is 48.4 Å². The third-order valence-electron chi connectivity index (χ3n) is 7.13. The number of ether oxygens (including phenoxy) is 3. The molecule has 1 aromatic carbocycles. The SMILES string of the molecule is C/C=C(\C)OC(=O)N(c1ccc(OCC)cc1)c1c(C)c(NCC2CCN(C(=O)OC(C)(C)C)C2)c(C#N)c2ccnn12. The summed E-state index contributed by atoms with van der Waals surface area (Å²) in [7, 11) is 0. The van der Waals surface area contributed by atoms with Crippen molar-refractivity contribution in [1.82, 2.24) is 14.5 Å². The van der Waals surface area contributed by atoms with E-state index in [0.717, 1.165) is 6.42 Å². The lowest BCUT2D eigenvalue weighted by atomic mass is 10.1. The number of likely N-dealkylation sites (tertiary alicyclic amines) is 1. The molecule has 228 valence electrons. The molecule has 11 nitrogen and oxygen atoms in total. The molecule has 2 amide bonds. The first-order valence-electron chi connectivity index (χ1n) is 14.5. The molecule has 1 unspecified atom stereocenters. The molecule has 4 rings (SSSR count). The van der Waals surface area contributed by atoms with Gasteiger partial charge in [0.15, 0.2) is 0 Å². The van der Waals surface area contributed by atoms with E-state index in [1.54, 1.807) is 65.9 Å². The highest BCUT2D eigenvalue weighted by atomic mass is 16.6. The van der Waals surface area contributed by atoms with Gasteiger partial charge in [-0.15, -0.1) is 0 Å². The number of rotatable bonds is 8. The Morgan fingerprint density at radius 3 is 2.58 bits per heavy atom. The Kier molecular flexibility index (Phi) is 9.49. The number of fused-ring (bicyclic) bond motifs is 1. The average molecular weight is 589 g/mol. The fraction of sp³-hybridized carbons (Fsp3) is 0.438. The topological polar surface area (TPSA) is 121 Å². The fourth-order valence-corrected chi connectivity index (χ4v) is 5.00. The molecular weight excluding hydrogens is 548 g/mol. The summed E-state index contributed by atoms with van der Waals surface area (Å²) in [5.74, 6) is 1.69. The number of hydrogen-bond donors (Lipinski definition) is 1. The number of nitriles is 1. The maximum Gasteiger partial charge on any atom is 0.425 e. The maximum absolute atomic E-state index is 13.7. The van der Waals surface area contributed by atoms with Crippen LogP contribution in [0.2, 0.25) is 0 Å². The summed E-state index contributed by atoms with van der Waals surface area (Å²) in [6, 6.07) is 11.2. The van der Waals surface area contributed by atoms with Crippen molar-refractivity contribution >= 4 is 34.9 Å². The number of pyridine rings is 1. The Morgan fingerprint density at radius 2 is 1.95 bits per heavy atom. The second kappa shape index (κ2) is 13.1. The molecule has 1 N–H and O–H groups in total. The molecule has 1 aliphatic rings.